The Morgan fingerprint density at radius 3 is 2.95 bits per heavy atom. The van der Waals surface area contributed by atoms with Gasteiger partial charge in [0.2, 0.25) is 5.91 Å². The molecule has 0 unspecified atom stereocenters. The van der Waals surface area contributed by atoms with Crippen LogP contribution in [0, 0.1) is 0 Å². The minimum Gasteiger partial charge on any atom is -0.372 e. The van der Waals surface area contributed by atoms with Crippen molar-refractivity contribution in [3.63, 3.8) is 0 Å². The molecule has 118 valence electrons. The lowest BCUT2D eigenvalue weighted by molar-refractivity contribution is -0.146. The lowest BCUT2D eigenvalue weighted by atomic mass is 10.1. The van der Waals surface area contributed by atoms with E-state index in [0.29, 0.717) is 30.7 Å². The Bertz CT molecular complexity index is 776. The van der Waals surface area contributed by atoms with Crippen LogP contribution in [0.1, 0.15) is 13.8 Å². The lowest BCUT2D eigenvalue weighted by Gasteiger charge is -2.38. The van der Waals surface area contributed by atoms with E-state index < -0.39 is 0 Å². The molecule has 0 atom stereocenters. The summed E-state index contributed by atoms with van der Waals surface area (Å²) in [5, 5.41) is 4.43. The first-order valence-corrected chi connectivity index (χ1v) is 7.16. The highest BCUT2D eigenvalue weighted by molar-refractivity contribution is 5.77. The van der Waals surface area contributed by atoms with E-state index in [-0.39, 0.29) is 23.6 Å². The van der Waals surface area contributed by atoms with Crippen molar-refractivity contribution in [2.45, 2.75) is 26.0 Å². The van der Waals surface area contributed by atoms with Crippen molar-refractivity contribution in [2.24, 2.45) is 7.05 Å². The zero-order valence-electron chi connectivity index (χ0n) is 12.9. The number of aryl methyl sites for hydroxylation is 1. The van der Waals surface area contributed by atoms with Crippen molar-refractivity contribution in [3.05, 3.63) is 22.9 Å². The van der Waals surface area contributed by atoms with E-state index in [1.807, 2.05) is 13.8 Å². The van der Waals surface area contributed by atoms with Crippen LogP contribution in [-0.4, -0.2) is 55.4 Å². The number of morpholine rings is 1. The fourth-order valence-electron chi connectivity index (χ4n) is 2.65. The quantitative estimate of drug-likeness (QED) is 0.765. The van der Waals surface area contributed by atoms with Crippen molar-refractivity contribution in [1.29, 1.82) is 0 Å². The number of fused-ring (bicyclic) bond motifs is 1. The second kappa shape index (κ2) is 5.20. The van der Waals surface area contributed by atoms with Crippen LogP contribution in [0.2, 0.25) is 0 Å². The third kappa shape index (κ3) is 2.61. The lowest BCUT2D eigenvalue weighted by Crippen LogP contribution is -2.51. The first-order valence-electron chi connectivity index (χ1n) is 7.16. The standard InChI is InChI=1S/C14H19N5O3/c1-14(2)8-18(4-5-22-14)11(20)7-19-9-15-12-10(13(19)21)6-16-17(12)3/h6,9H,4-5,7-8H2,1-3H3. The third-order valence-corrected chi connectivity index (χ3v) is 3.80. The maximum absolute atomic E-state index is 12.4. The number of ether oxygens (including phenoxy) is 1. The van der Waals surface area contributed by atoms with E-state index >= 15 is 0 Å². The summed E-state index contributed by atoms with van der Waals surface area (Å²) >= 11 is 0. The van der Waals surface area contributed by atoms with E-state index in [2.05, 4.69) is 10.1 Å². The van der Waals surface area contributed by atoms with Gasteiger partial charge in [0, 0.05) is 20.1 Å². The number of amides is 1. The van der Waals surface area contributed by atoms with Gasteiger partial charge in [0.05, 0.1) is 18.4 Å². The van der Waals surface area contributed by atoms with Gasteiger partial charge in [0.1, 0.15) is 18.3 Å². The summed E-state index contributed by atoms with van der Waals surface area (Å²) in [6.07, 6.45) is 2.87. The molecule has 2 aromatic heterocycles. The van der Waals surface area contributed by atoms with E-state index in [0.717, 1.165) is 0 Å². The second-order valence-electron chi connectivity index (χ2n) is 6.11. The van der Waals surface area contributed by atoms with Gasteiger partial charge in [0.15, 0.2) is 5.65 Å². The highest BCUT2D eigenvalue weighted by atomic mass is 16.5. The summed E-state index contributed by atoms with van der Waals surface area (Å²) in [4.78, 5) is 30.7. The monoisotopic (exact) mass is 305 g/mol. The molecule has 0 bridgehead atoms. The Hall–Kier alpha value is -2.22. The molecule has 1 aliphatic rings. The molecule has 8 nitrogen and oxygen atoms in total. The zero-order chi connectivity index (χ0) is 15.9. The van der Waals surface area contributed by atoms with Crippen LogP contribution in [0.4, 0.5) is 0 Å². The molecule has 8 heteroatoms. The largest absolute Gasteiger partial charge is 0.372 e. The Balaban J connectivity index is 1.82. The van der Waals surface area contributed by atoms with Crippen molar-refractivity contribution < 1.29 is 9.53 Å². The Kier molecular flexibility index (Phi) is 3.48. The predicted octanol–water partition coefficient (Wildman–Crippen LogP) is -0.233. The Labute approximate surface area is 127 Å². The average molecular weight is 305 g/mol. The highest BCUT2D eigenvalue weighted by Gasteiger charge is 2.30. The number of aromatic nitrogens is 4. The first-order chi connectivity index (χ1) is 10.4. The predicted molar refractivity (Wildman–Crippen MR) is 79.4 cm³/mol. The minimum atomic E-state index is -0.357. The second-order valence-corrected chi connectivity index (χ2v) is 6.11. The van der Waals surface area contributed by atoms with E-state index in [9.17, 15) is 9.59 Å². The molecule has 1 amide bonds. The molecule has 0 N–H and O–H groups in total. The van der Waals surface area contributed by atoms with Crippen LogP contribution < -0.4 is 5.56 Å². The minimum absolute atomic E-state index is 0.0211. The van der Waals surface area contributed by atoms with Crippen LogP contribution in [0.15, 0.2) is 17.3 Å². The van der Waals surface area contributed by atoms with Crippen LogP contribution in [0.5, 0.6) is 0 Å². The molecule has 3 rings (SSSR count). The van der Waals surface area contributed by atoms with Crippen molar-refractivity contribution in [2.75, 3.05) is 19.7 Å². The van der Waals surface area contributed by atoms with Gasteiger partial charge in [-0.2, -0.15) is 5.10 Å². The van der Waals surface area contributed by atoms with Crippen LogP contribution in [-0.2, 0) is 23.1 Å². The van der Waals surface area contributed by atoms with Gasteiger partial charge in [0.25, 0.3) is 5.56 Å². The molecule has 0 saturated carbocycles. The molecule has 0 radical (unpaired) electrons. The van der Waals surface area contributed by atoms with Gasteiger partial charge in [-0.05, 0) is 13.8 Å². The first kappa shape index (κ1) is 14.7. The maximum atomic E-state index is 12.4. The molecule has 22 heavy (non-hydrogen) atoms. The molecule has 0 aliphatic carbocycles. The number of hydrogen-bond acceptors (Lipinski definition) is 5. The van der Waals surface area contributed by atoms with Crippen LogP contribution >= 0.6 is 0 Å². The van der Waals surface area contributed by atoms with Crippen molar-refractivity contribution in [3.8, 4) is 0 Å². The molecule has 1 fully saturated rings. The molecule has 2 aromatic rings. The molecule has 0 aromatic carbocycles. The topological polar surface area (TPSA) is 82.2 Å². The smallest absolute Gasteiger partial charge is 0.264 e. The number of hydrogen-bond donors (Lipinski definition) is 0. The average Bonchev–Trinajstić information content (AvgIpc) is 2.83. The van der Waals surface area contributed by atoms with Crippen LogP contribution in [0.3, 0.4) is 0 Å². The number of carbonyl (C=O) groups excluding carboxylic acids is 1. The number of carbonyl (C=O) groups is 1. The summed E-state index contributed by atoms with van der Waals surface area (Å²) in [6, 6.07) is 0. The summed E-state index contributed by atoms with van der Waals surface area (Å²) in [5.41, 5.74) is -0.0927. The molecule has 0 spiro atoms. The van der Waals surface area contributed by atoms with E-state index in [4.69, 9.17) is 4.74 Å². The number of nitrogens with zero attached hydrogens (tertiary/aromatic N) is 5. The molecule has 1 saturated heterocycles. The van der Waals surface area contributed by atoms with E-state index in [1.165, 1.54) is 21.8 Å². The van der Waals surface area contributed by atoms with Gasteiger partial charge in [-0.1, -0.05) is 0 Å². The normalized spacial score (nSPS) is 17.9. The van der Waals surface area contributed by atoms with Gasteiger partial charge < -0.3 is 9.64 Å². The fraction of sp³-hybridized carbons (Fsp3) is 0.571. The SMILES string of the molecule is Cn1ncc2c(=O)n(CC(=O)N3CCOC(C)(C)C3)cnc21. The van der Waals surface area contributed by atoms with Gasteiger partial charge in [-0.3, -0.25) is 18.8 Å². The molecular formula is C14H19N5O3. The highest BCUT2D eigenvalue weighted by Crippen LogP contribution is 2.16. The van der Waals surface area contributed by atoms with Crippen LogP contribution in [0.25, 0.3) is 11.0 Å². The van der Waals surface area contributed by atoms with Gasteiger partial charge >= 0.3 is 0 Å². The van der Waals surface area contributed by atoms with E-state index in [1.54, 1.807) is 11.9 Å². The molecule has 3 heterocycles. The maximum Gasteiger partial charge on any atom is 0.264 e. The molecule has 1 aliphatic heterocycles. The summed E-state index contributed by atoms with van der Waals surface area (Å²) in [7, 11) is 1.72. The fourth-order valence-corrected chi connectivity index (χ4v) is 2.65. The summed E-state index contributed by atoms with van der Waals surface area (Å²) in [6.45, 7) is 5.44. The summed E-state index contributed by atoms with van der Waals surface area (Å²) < 4.78 is 8.46. The summed E-state index contributed by atoms with van der Waals surface area (Å²) in [5.74, 6) is -0.108. The number of rotatable bonds is 2. The van der Waals surface area contributed by atoms with Crippen molar-refractivity contribution in [1.82, 2.24) is 24.2 Å². The van der Waals surface area contributed by atoms with Gasteiger partial charge in [-0.15, -0.1) is 0 Å². The Morgan fingerprint density at radius 2 is 2.23 bits per heavy atom. The van der Waals surface area contributed by atoms with Crippen molar-refractivity contribution >= 4 is 16.9 Å². The van der Waals surface area contributed by atoms with Gasteiger partial charge in [-0.25, -0.2) is 4.98 Å². The third-order valence-electron chi connectivity index (χ3n) is 3.80. The zero-order valence-corrected chi connectivity index (χ0v) is 12.9. The Morgan fingerprint density at radius 1 is 1.45 bits per heavy atom. The molecular weight excluding hydrogens is 286 g/mol.